The van der Waals surface area contributed by atoms with Crippen LogP contribution in [0.15, 0.2) is 36.4 Å². The van der Waals surface area contributed by atoms with Crippen LogP contribution < -0.4 is 5.73 Å². The smallest absolute Gasteiger partial charge is 0.141 e. The van der Waals surface area contributed by atoms with E-state index in [1.54, 1.807) is 12.1 Å². The molecule has 2 N–H and O–H groups in total. The van der Waals surface area contributed by atoms with Gasteiger partial charge in [0.15, 0.2) is 0 Å². The van der Waals surface area contributed by atoms with Gasteiger partial charge in [-0.05, 0) is 70.5 Å². The Morgan fingerprint density at radius 2 is 1.89 bits per heavy atom. The van der Waals surface area contributed by atoms with Crippen LogP contribution >= 0.6 is 45.8 Å². The van der Waals surface area contributed by atoms with Gasteiger partial charge in [0.25, 0.3) is 0 Å². The quantitative estimate of drug-likeness (QED) is 0.711. The van der Waals surface area contributed by atoms with Gasteiger partial charge >= 0.3 is 0 Å². The monoisotopic (exact) mass is 409 g/mol. The molecule has 2 rings (SSSR count). The van der Waals surface area contributed by atoms with Crippen molar-refractivity contribution >= 4 is 45.8 Å². The Morgan fingerprint density at radius 1 is 1.16 bits per heavy atom. The Balaban J connectivity index is 2.22. The molecule has 0 aliphatic heterocycles. The summed E-state index contributed by atoms with van der Waals surface area (Å²) in [4.78, 5) is 0. The molecule has 0 fully saturated rings. The van der Waals surface area contributed by atoms with E-state index in [4.69, 9.17) is 28.9 Å². The van der Waals surface area contributed by atoms with Gasteiger partial charge in [-0.15, -0.1) is 0 Å². The molecule has 0 saturated heterocycles. The zero-order valence-electron chi connectivity index (χ0n) is 9.84. The highest BCUT2D eigenvalue weighted by atomic mass is 127. The summed E-state index contributed by atoms with van der Waals surface area (Å²) in [7, 11) is 0. The van der Waals surface area contributed by atoms with Crippen molar-refractivity contribution in [1.82, 2.24) is 0 Å². The van der Waals surface area contributed by atoms with E-state index in [1.165, 1.54) is 6.07 Å². The van der Waals surface area contributed by atoms with Gasteiger partial charge in [-0.2, -0.15) is 0 Å². The maximum Gasteiger partial charge on any atom is 0.141 e. The lowest BCUT2D eigenvalue weighted by molar-refractivity contribution is 0.626. The van der Waals surface area contributed by atoms with Crippen molar-refractivity contribution in [2.24, 2.45) is 5.73 Å². The summed E-state index contributed by atoms with van der Waals surface area (Å²) in [5, 5.41) is 0.772. The highest BCUT2D eigenvalue weighted by molar-refractivity contribution is 14.1. The van der Waals surface area contributed by atoms with Crippen molar-refractivity contribution in [2.45, 2.75) is 12.5 Å². The first-order valence-electron chi connectivity index (χ1n) is 5.62. The zero-order valence-corrected chi connectivity index (χ0v) is 13.5. The molecule has 19 heavy (non-hydrogen) atoms. The van der Waals surface area contributed by atoms with Crippen LogP contribution in [0.2, 0.25) is 10.0 Å². The molecule has 2 aromatic rings. The van der Waals surface area contributed by atoms with Crippen LogP contribution in [0, 0.1) is 9.39 Å². The van der Waals surface area contributed by atoms with Gasteiger partial charge in [0.1, 0.15) is 5.82 Å². The average molecular weight is 410 g/mol. The van der Waals surface area contributed by atoms with Crippen molar-refractivity contribution in [3.63, 3.8) is 0 Å². The second kappa shape index (κ2) is 6.39. The van der Waals surface area contributed by atoms with Crippen LogP contribution in [0.5, 0.6) is 0 Å². The van der Waals surface area contributed by atoms with E-state index < -0.39 is 5.82 Å². The Hall–Kier alpha value is -0.360. The predicted molar refractivity (Wildman–Crippen MR) is 86.2 cm³/mol. The molecule has 0 amide bonds. The first-order valence-corrected chi connectivity index (χ1v) is 7.45. The minimum atomic E-state index is -0.420. The van der Waals surface area contributed by atoms with Gasteiger partial charge in [-0.25, -0.2) is 4.39 Å². The van der Waals surface area contributed by atoms with Gasteiger partial charge < -0.3 is 5.73 Å². The van der Waals surface area contributed by atoms with E-state index >= 15 is 0 Å². The lowest BCUT2D eigenvalue weighted by Crippen LogP contribution is -2.14. The number of nitrogens with two attached hydrogens (primary N) is 1. The molecule has 2 aromatic carbocycles. The Labute approximate surface area is 135 Å². The van der Waals surface area contributed by atoms with Crippen LogP contribution in [0.4, 0.5) is 4.39 Å². The number of rotatable bonds is 3. The zero-order chi connectivity index (χ0) is 14.0. The lowest BCUT2D eigenvalue weighted by Gasteiger charge is -2.14. The number of benzene rings is 2. The molecule has 0 aliphatic rings. The first kappa shape index (κ1) is 15.0. The summed E-state index contributed by atoms with van der Waals surface area (Å²) in [6.07, 6.45) is 0.580. The maximum atomic E-state index is 13.1. The molecular formula is C14H11Cl2FIN. The predicted octanol–water partition coefficient (Wildman–Crippen LogP) is 4.98. The fourth-order valence-corrected chi connectivity index (χ4v) is 2.95. The molecule has 1 unspecified atom stereocenters. The Bertz CT molecular complexity index is 604. The summed E-state index contributed by atoms with van der Waals surface area (Å²) in [5.74, 6) is -0.420. The summed E-state index contributed by atoms with van der Waals surface area (Å²) in [5.41, 5.74) is 8.06. The Morgan fingerprint density at radius 3 is 2.58 bits per heavy atom. The number of hydrogen-bond acceptors (Lipinski definition) is 1. The third kappa shape index (κ3) is 3.81. The van der Waals surface area contributed by atoms with Crippen LogP contribution in [0.3, 0.4) is 0 Å². The number of hydrogen-bond donors (Lipinski definition) is 1. The number of halogens is 4. The SMILES string of the molecule is NC(Cc1ccc(F)c(Cl)c1)c1cc(Cl)ccc1I. The molecule has 0 saturated carbocycles. The van der Waals surface area contributed by atoms with Crippen LogP contribution in [-0.2, 0) is 6.42 Å². The van der Waals surface area contributed by atoms with E-state index in [9.17, 15) is 4.39 Å². The maximum absolute atomic E-state index is 13.1. The molecule has 0 aliphatic carbocycles. The summed E-state index contributed by atoms with van der Waals surface area (Å²) in [6, 6.07) is 10.1. The van der Waals surface area contributed by atoms with Crippen molar-refractivity contribution in [3.8, 4) is 0 Å². The average Bonchev–Trinajstić information content (AvgIpc) is 2.36. The lowest BCUT2D eigenvalue weighted by atomic mass is 10.00. The largest absolute Gasteiger partial charge is 0.324 e. The molecule has 1 nitrogen and oxygen atoms in total. The highest BCUT2D eigenvalue weighted by Gasteiger charge is 2.12. The fourth-order valence-electron chi connectivity index (χ4n) is 1.83. The summed E-state index contributed by atoms with van der Waals surface area (Å²) in [6.45, 7) is 0. The second-order valence-corrected chi connectivity index (χ2v) is 6.23. The summed E-state index contributed by atoms with van der Waals surface area (Å²) >= 11 is 14.0. The van der Waals surface area contributed by atoms with Gasteiger partial charge in [-0.3, -0.25) is 0 Å². The Kier molecular flexibility index (Phi) is 5.06. The van der Waals surface area contributed by atoms with Crippen LogP contribution in [0.1, 0.15) is 17.2 Å². The van der Waals surface area contributed by atoms with Gasteiger partial charge in [0.05, 0.1) is 5.02 Å². The van der Waals surface area contributed by atoms with Crippen molar-refractivity contribution in [1.29, 1.82) is 0 Å². The fraction of sp³-hybridized carbons (Fsp3) is 0.143. The van der Waals surface area contributed by atoms with E-state index in [0.29, 0.717) is 11.4 Å². The molecule has 0 radical (unpaired) electrons. The van der Waals surface area contributed by atoms with Gasteiger partial charge in [0, 0.05) is 14.6 Å². The van der Waals surface area contributed by atoms with E-state index in [0.717, 1.165) is 14.7 Å². The molecule has 0 bridgehead atoms. The highest BCUT2D eigenvalue weighted by Crippen LogP contribution is 2.26. The third-order valence-electron chi connectivity index (χ3n) is 2.80. The molecule has 0 aromatic heterocycles. The molecule has 5 heteroatoms. The van der Waals surface area contributed by atoms with E-state index in [1.807, 2.05) is 18.2 Å². The van der Waals surface area contributed by atoms with E-state index in [2.05, 4.69) is 22.6 Å². The van der Waals surface area contributed by atoms with Crippen LogP contribution in [0.25, 0.3) is 0 Å². The minimum absolute atomic E-state index is 0.116. The molecule has 100 valence electrons. The molecule has 0 heterocycles. The van der Waals surface area contributed by atoms with E-state index in [-0.39, 0.29) is 11.1 Å². The molecule has 1 atom stereocenters. The summed E-state index contributed by atoms with van der Waals surface area (Å²) < 4.78 is 14.2. The second-order valence-electron chi connectivity index (χ2n) is 4.22. The van der Waals surface area contributed by atoms with Crippen molar-refractivity contribution < 1.29 is 4.39 Å². The van der Waals surface area contributed by atoms with Gasteiger partial charge in [-0.1, -0.05) is 29.3 Å². The molecule has 0 spiro atoms. The standard InChI is InChI=1S/C14H11Cl2FIN/c15-9-2-4-13(18)10(7-9)14(19)6-8-1-3-12(17)11(16)5-8/h1-5,7,14H,6,19H2. The minimum Gasteiger partial charge on any atom is -0.324 e. The van der Waals surface area contributed by atoms with Crippen LogP contribution in [-0.4, -0.2) is 0 Å². The third-order valence-corrected chi connectivity index (χ3v) is 4.30. The topological polar surface area (TPSA) is 26.0 Å². The van der Waals surface area contributed by atoms with Crippen molar-refractivity contribution in [3.05, 3.63) is 67.0 Å². The normalized spacial score (nSPS) is 12.5. The first-order chi connectivity index (χ1) is 8.97. The van der Waals surface area contributed by atoms with Gasteiger partial charge in [0.2, 0.25) is 0 Å². The van der Waals surface area contributed by atoms with Crippen molar-refractivity contribution in [2.75, 3.05) is 0 Å². The molecular weight excluding hydrogens is 399 g/mol.